The molecule has 3 atom stereocenters. The molecule has 2 aromatic rings. The molecule has 0 radical (unpaired) electrons. The molecule has 13 heteroatoms. The molecule has 1 unspecified atom stereocenters. The maximum atomic E-state index is 12.6. The van der Waals surface area contributed by atoms with Crippen molar-refractivity contribution >= 4 is 40.3 Å². The van der Waals surface area contributed by atoms with Gasteiger partial charge in [-0.05, 0) is 29.8 Å². The first-order valence-corrected chi connectivity index (χ1v) is 11.1. The lowest BCUT2D eigenvalue weighted by atomic mass is 10.1. The zero-order chi connectivity index (χ0) is 25.5. The van der Waals surface area contributed by atoms with Gasteiger partial charge in [0.1, 0.15) is 23.8 Å². The summed E-state index contributed by atoms with van der Waals surface area (Å²) in [6.45, 7) is 0.546. The highest BCUT2D eigenvalue weighted by Crippen LogP contribution is 2.32. The Morgan fingerprint density at radius 2 is 1.83 bits per heavy atom. The van der Waals surface area contributed by atoms with Crippen LogP contribution in [0, 0.1) is 10.1 Å². The minimum atomic E-state index is -2.02. The minimum Gasteiger partial charge on any atom is -0.484 e. The summed E-state index contributed by atoms with van der Waals surface area (Å²) in [5.74, 6) is -2.12. The van der Waals surface area contributed by atoms with Gasteiger partial charge in [0.15, 0.2) is 11.7 Å². The number of hydrogen-bond acceptors (Lipinski definition) is 10. The largest absolute Gasteiger partial charge is 0.484 e. The Bertz CT molecular complexity index is 1110. The van der Waals surface area contributed by atoms with Gasteiger partial charge in [-0.2, -0.15) is 0 Å². The van der Waals surface area contributed by atoms with Crippen LogP contribution in [0.3, 0.4) is 0 Å². The molecule has 35 heavy (non-hydrogen) atoms. The van der Waals surface area contributed by atoms with Crippen LogP contribution >= 0.6 is 11.8 Å². The number of aliphatic hydroxyl groups excluding tert-OH is 1. The van der Waals surface area contributed by atoms with E-state index in [4.69, 9.17) is 9.47 Å². The van der Waals surface area contributed by atoms with E-state index in [0.29, 0.717) is 23.1 Å². The number of likely N-dealkylation sites (tertiary alicyclic amines) is 1. The average Bonchev–Trinajstić information content (AvgIpc) is 2.84. The first kappa shape index (κ1) is 25.6. The number of aliphatic hydroxyl groups is 1. The monoisotopic (exact) mass is 503 g/mol. The number of thioether (sulfide) groups is 1. The summed E-state index contributed by atoms with van der Waals surface area (Å²) in [7, 11) is 0. The smallest absolute Gasteiger partial charge is 0.356 e. The number of para-hydroxylation sites is 1. The molecule has 2 amide bonds. The lowest BCUT2D eigenvalue weighted by Gasteiger charge is -2.47. The highest BCUT2D eigenvalue weighted by Gasteiger charge is 2.54. The molecular weight excluding hydrogens is 482 g/mol. The second-order valence-corrected chi connectivity index (χ2v) is 8.59. The van der Waals surface area contributed by atoms with Crippen molar-refractivity contribution in [1.82, 2.24) is 10.2 Å². The summed E-state index contributed by atoms with van der Waals surface area (Å²) in [5, 5.41) is 22.1. The van der Waals surface area contributed by atoms with Gasteiger partial charge in [0, 0.05) is 19.1 Å². The summed E-state index contributed by atoms with van der Waals surface area (Å²) in [4.78, 5) is 59.7. The summed E-state index contributed by atoms with van der Waals surface area (Å²) in [5.41, 5.74) is 0.280. The van der Waals surface area contributed by atoms with Crippen LogP contribution < -0.4 is 10.1 Å². The molecule has 0 bridgehead atoms. The van der Waals surface area contributed by atoms with E-state index >= 15 is 0 Å². The topological polar surface area (TPSA) is 165 Å². The number of hydrogen-bond donors (Lipinski definition) is 2. The van der Waals surface area contributed by atoms with Gasteiger partial charge in [0.05, 0.1) is 4.92 Å². The van der Waals surface area contributed by atoms with Gasteiger partial charge in [0.25, 0.3) is 17.5 Å². The quantitative estimate of drug-likeness (QED) is 0.206. The van der Waals surface area contributed by atoms with Crippen LogP contribution in [0.5, 0.6) is 5.75 Å². The van der Waals surface area contributed by atoms with Crippen molar-refractivity contribution in [2.75, 3.05) is 6.61 Å². The lowest BCUT2D eigenvalue weighted by molar-refractivity contribution is -0.384. The Morgan fingerprint density at radius 1 is 1.17 bits per heavy atom. The second kappa shape index (κ2) is 11.4. The standard InChI is InChI=1S/C22H21N3O9S/c1-13(26)35-21-18(23-17(27)12-33-16-5-3-2-4-6-16)19(28)24(21)20(29)22(30)34-11-14-7-9-15(10-8-14)25(31)32/h2-10,18,20-21,29H,11-12H2,1H3,(H,23,27)/t18-,20?,21-/m0/s1. The summed E-state index contributed by atoms with van der Waals surface area (Å²) in [6, 6.07) is 12.6. The highest BCUT2D eigenvalue weighted by atomic mass is 32.2. The molecule has 0 saturated carbocycles. The minimum absolute atomic E-state index is 0.141. The van der Waals surface area contributed by atoms with Crippen molar-refractivity contribution in [3.8, 4) is 5.75 Å². The molecule has 2 aromatic carbocycles. The number of β-lactam (4-membered cyclic amide) rings is 1. The van der Waals surface area contributed by atoms with E-state index in [9.17, 15) is 34.4 Å². The van der Waals surface area contributed by atoms with E-state index < -0.39 is 45.5 Å². The molecule has 0 aromatic heterocycles. The molecule has 1 aliphatic heterocycles. The van der Waals surface area contributed by atoms with Crippen LogP contribution in [-0.2, 0) is 30.5 Å². The lowest BCUT2D eigenvalue weighted by Crippen LogP contribution is -2.73. The van der Waals surface area contributed by atoms with Crippen molar-refractivity contribution in [1.29, 1.82) is 0 Å². The van der Waals surface area contributed by atoms with Gasteiger partial charge < -0.3 is 19.9 Å². The Morgan fingerprint density at radius 3 is 2.43 bits per heavy atom. The van der Waals surface area contributed by atoms with Crippen LogP contribution in [0.1, 0.15) is 12.5 Å². The fourth-order valence-corrected chi connectivity index (χ4v) is 4.10. The second-order valence-electron chi connectivity index (χ2n) is 7.30. The normalized spacial score (nSPS) is 17.7. The van der Waals surface area contributed by atoms with Crippen molar-refractivity contribution in [2.24, 2.45) is 0 Å². The van der Waals surface area contributed by atoms with Crippen LogP contribution in [-0.4, -0.2) is 62.1 Å². The molecule has 0 aliphatic carbocycles. The molecule has 1 fully saturated rings. The molecule has 2 N–H and O–H groups in total. The van der Waals surface area contributed by atoms with Crippen LogP contribution in [0.4, 0.5) is 5.69 Å². The number of esters is 1. The van der Waals surface area contributed by atoms with E-state index in [-0.39, 0.29) is 18.9 Å². The van der Waals surface area contributed by atoms with Gasteiger partial charge in [-0.3, -0.25) is 29.4 Å². The Hall–Kier alpha value is -3.97. The van der Waals surface area contributed by atoms with Crippen LogP contribution in [0.25, 0.3) is 0 Å². The highest BCUT2D eigenvalue weighted by molar-refractivity contribution is 8.14. The molecular formula is C22H21N3O9S. The van der Waals surface area contributed by atoms with E-state index in [2.05, 4.69) is 5.32 Å². The maximum absolute atomic E-state index is 12.6. The summed E-state index contributed by atoms with van der Waals surface area (Å²) in [6.07, 6.45) is -2.02. The number of nitrogens with zero attached hydrogens (tertiary/aromatic N) is 2. The van der Waals surface area contributed by atoms with E-state index in [1.165, 1.54) is 31.2 Å². The van der Waals surface area contributed by atoms with E-state index in [0.717, 1.165) is 4.90 Å². The number of rotatable bonds is 10. The number of ether oxygens (including phenoxy) is 2. The van der Waals surface area contributed by atoms with Crippen molar-refractivity contribution < 1.29 is 38.7 Å². The number of carbonyl (C=O) groups excluding carboxylic acids is 4. The van der Waals surface area contributed by atoms with Gasteiger partial charge >= 0.3 is 5.97 Å². The predicted molar refractivity (Wildman–Crippen MR) is 122 cm³/mol. The molecule has 0 spiro atoms. The van der Waals surface area contributed by atoms with Gasteiger partial charge in [-0.25, -0.2) is 4.79 Å². The number of nitro groups is 1. The van der Waals surface area contributed by atoms with Crippen molar-refractivity contribution in [2.45, 2.75) is 31.2 Å². The van der Waals surface area contributed by atoms with Crippen LogP contribution in [0.2, 0.25) is 0 Å². The van der Waals surface area contributed by atoms with E-state index in [1.54, 1.807) is 30.3 Å². The number of amides is 2. The van der Waals surface area contributed by atoms with Crippen molar-refractivity contribution in [3.05, 3.63) is 70.3 Å². The zero-order valence-corrected chi connectivity index (χ0v) is 19.2. The number of carbonyl (C=O) groups is 4. The number of benzene rings is 2. The molecule has 3 rings (SSSR count). The van der Waals surface area contributed by atoms with E-state index in [1.807, 2.05) is 0 Å². The zero-order valence-electron chi connectivity index (χ0n) is 18.4. The SMILES string of the molecule is CC(=O)S[C@H]1[C@@H](NC(=O)COc2ccccc2)C(=O)N1C(O)C(=O)OCc1ccc([N+](=O)[O-])cc1. The third-order valence-electron chi connectivity index (χ3n) is 4.80. The van der Waals surface area contributed by atoms with Crippen LogP contribution in [0.15, 0.2) is 54.6 Å². The number of nitro benzene ring substituents is 1. The molecule has 1 aliphatic rings. The maximum Gasteiger partial charge on any atom is 0.356 e. The van der Waals surface area contributed by atoms with Gasteiger partial charge in [-0.15, -0.1) is 0 Å². The average molecular weight is 503 g/mol. The van der Waals surface area contributed by atoms with Gasteiger partial charge in [-0.1, -0.05) is 30.0 Å². The predicted octanol–water partition coefficient (Wildman–Crippen LogP) is 0.968. The van der Waals surface area contributed by atoms with Crippen molar-refractivity contribution in [3.63, 3.8) is 0 Å². The third kappa shape index (κ3) is 6.55. The Labute approximate surface area is 203 Å². The third-order valence-corrected chi connectivity index (χ3v) is 5.87. The number of non-ortho nitro benzene ring substituents is 1. The Kier molecular flexibility index (Phi) is 8.39. The number of nitrogens with one attached hydrogen (secondary N) is 1. The molecule has 1 saturated heterocycles. The fraction of sp³-hybridized carbons (Fsp3) is 0.273. The first-order valence-electron chi connectivity index (χ1n) is 10.2. The fourth-order valence-electron chi connectivity index (χ4n) is 3.11. The summed E-state index contributed by atoms with van der Waals surface area (Å²) < 4.78 is 10.3. The van der Waals surface area contributed by atoms with Gasteiger partial charge in [0.2, 0.25) is 6.23 Å². The molecule has 12 nitrogen and oxygen atoms in total. The molecule has 1 heterocycles. The first-order chi connectivity index (χ1) is 16.7. The molecule has 184 valence electrons. The Balaban J connectivity index is 1.57. The summed E-state index contributed by atoms with van der Waals surface area (Å²) >= 11 is 0.661.